The first kappa shape index (κ1) is 16.9. The molecule has 0 saturated carbocycles. The Morgan fingerprint density at radius 3 is 2.50 bits per heavy atom. The van der Waals surface area contributed by atoms with Gasteiger partial charge in [-0.1, -0.05) is 44.2 Å². The Kier molecular flexibility index (Phi) is 5.51. The highest BCUT2D eigenvalue weighted by atomic mass is 32.1. The number of hydrogen-bond acceptors (Lipinski definition) is 3. The van der Waals surface area contributed by atoms with Gasteiger partial charge in [-0.15, -0.1) is 0 Å². The maximum atomic E-state index is 12.5. The molecule has 1 amide bonds. The summed E-state index contributed by atoms with van der Waals surface area (Å²) in [7, 11) is 0. The summed E-state index contributed by atoms with van der Waals surface area (Å²) >= 11 is 4.35. The summed E-state index contributed by atoms with van der Waals surface area (Å²) < 4.78 is 0. The minimum absolute atomic E-state index is 0.0449. The van der Waals surface area contributed by atoms with Crippen LogP contribution in [-0.4, -0.2) is 39.7 Å². The van der Waals surface area contributed by atoms with Crippen LogP contribution < -0.4 is 0 Å². The fourth-order valence-electron chi connectivity index (χ4n) is 3.02. The van der Waals surface area contributed by atoms with Crippen LogP contribution in [-0.2, 0) is 16.0 Å². The summed E-state index contributed by atoms with van der Waals surface area (Å²) in [5.41, 5.74) is 1.11. The average Bonchev–Trinajstić information content (AvgIpc) is 2.90. The van der Waals surface area contributed by atoms with Crippen molar-refractivity contribution in [2.24, 2.45) is 11.8 Å². The van der Waals surface area contributed by atoms with Crippen LogP contribution in [0.2, 0.25) is 0 Å². The first-order chi connectivity index (χ1) is 10.4. The standard InChI is InChI=1S/C17H23NO3S/c1-11(2)15(22)16(19)18-9-8-13(14(18)17(20)21)10-12-6-4-3-5-7-12/h3-7,11,13-15,22H,8-10H2,1-2H3,(H,20,21)/t13-,14-,15-/m0/s1. The second-order valence-corrected chi connectivity index (χ2v) is 6.80. The first-order valence-electron chi connectivity index (χ1n) is 7.67. The first-order valence-corrected chi connectivity index (χ1v) is 8.18. The number of carbonyl (C=O) groups excluding carboxylic acids is 1. The zero-order valence-corrected chi connectivity index (χ0v) is 13.9. The van der Waals surface area contributed by atoms with Gasteiger partial charge in [-0.25, -0.2) is 4.79 Å². The molecule has 3 atom stereocenters. The second-order valence-electron chi connectivity index (χ2n) is 6.24. The zero-order valence-electron chi connectivity index (χ0n) is 13.0. The molecule has 0 radical (unpaired) electrons. The molecule has 1 saturated heterocycles. The molecule has 0 spiro atoms. The van der Waals surface area contributed by atoms with Gasteiger partial charge in [0.2, 0.25) is 5.91 Å². The normalized spacial score (nSPS) is 22.8. The van der Waals surface area contributed by atoms with Crippen molar-refractivity contribution < 1.29 is 14.7 Å². The topological polar surface area (TPSA) is 57.6 Å². The van der Waals surface area contributed by atoms with Gasteiger partial charge in [-0.05, 0) is 30.2 Å². The molecule has 0 unspecified atom stereocenters. The molecule has 120 valence electrons. The summed E-state index contributed by atoms with van der Waals surface area (Å²) in [6.07, 6.45) is 1.40. The van der Waals surface area contributed by atoms with Crippen LogP contribution in [0.1, 0.15) is 25.8 Å². The van der Waals surface area contributed by atoms with E-state index in [9.17, 15) is 14.7 Å². The second kappa shape index (κ2) is 7.18. The Bertz CT molecular complexity index is 532. The van der Waals surface area contributed by atoms with E-state index in [1.54, 1.807) is 0 Å². The Balaban J connectivity index is 2.14. The van der Waals surface area contributed by atoms with Gasteiger partial charge in [0.15, 0.2) is 0 Å². The number of benzene rings is 1. The molecule has 1 aliphatic heterocycles. The minimum Gasteiger partial charge on any atom is -0.480 e. The van der Waals surface area contributed by atoms with Crippen molar-refractivity contribution >= 4 is 24.5 Å². The zero-order chi connectivity index (χ0) is 16.3. The van der Waals surface area contributed by atoms with Crippen LogP contribution in [0.25, 0.3) is 0 Å². The lowest BCUT2D eigenvalue weighted by Crippen LogP contribution is -2.47. The average molecular weight is 321 g/mol. The van der Waals surface area contributed by atoms with Gasteiger partial charge in [-0.2, -0.15) is 12.6 Å². The number of nitrogens with zero attached hydrogens (tertiary/aromatic N) is 1. The van der Waals surface area contributed by atoms with Crippen LogP contribution in [0.3, 0.4) is 0 Å². The molecule has 0 aromatic heterocycles. The molecule has 5 heteroatoms. The van der Waals surface area contributed by atoms with Gasteiger partial charge in [0, 0.05) is 6.54 Å². The molecule has 1 aromatic carbocycles. The maximum absolute atomic E-state index is 12.5. The molecule has 22 heavy (non-hydrogen) atoms. The molecule has 1 aliphatic rings. The number of hydrogen-bond donors (Lipinski definition) is 2. The summed E-state index contributed by atoms with van der Waals surface area (Å²) in [4.78, 5) is 25.7. The molecule has 1 heterocycles. The van der Waals surface area contributed by atoms with Crippen molar-refractivity contribution in [2.45, 2.75) is 38.0 Å². The Labute approximate surface area is 136 Å². The predicted octanol–water partition coefficient (Wildman–Crippen LogP) is 2.49. The van der Waals surface area contributed by atoms with Gasteiger partial charge in [0.25, 0.3) is 0 Å². The van der Waals surface area contributed by atoms with Crippen molar-refractivity contribution in [1.29, 1.82) is 0 Å². The Morgan fingerprint density at radius 2 is 1.95 bits per heavy atom. The number of carbonyl (C=O) groups is 2. The van der Waals surface area contributed by atoms with E-state index >= 15 is 0 Å². The summed E-state index contributed by atoms with van der Waals surface area (Å²) in [6, 6.07) is 9.09. The van der Waals surface area contributed by atoms with Crippen molar-refractivity contribution in [1.82, 2.24) is 4.90 Å². The number of thiol groups is 1. The van der Waals surface area contributed by atoms with Crippen LogP contribution in [0.5, 0.6) is 0 Å². The lowest BCUT2D eigenvalue weighted by molar-refractivity contribution is -0.149. The molecule has 4 nitrogen and oxygen atoms in total. The third kappa shape index (κ3) is 3.64. The molecule has 0 bridgehead atoms. The number of rotatable bonds is 5. The van der Waals surface area contributed by atoms with E-state index in [-0.39, 0.29) is 17.7 Å². The SMILES string of the molecule is CC(C)[C@H](S)C(=O)N1CC[C@@H](Cc2ccccc2)[C@H]1C(=O)O. The van der Waals surface area contributed by atoms with E-state index in [2.05, 4.69) is 12.6 Å². The largest absolute Gasteiger partial charge is 0.480 e. The minimum atomic E-state index is -0.920. The van der Waals surface area contributed by atoms with Gasteiger partial charge < -0.3 is 10.0 Å². The van der Waals surface area contributed by atoms with E-state index in [0.717, 1.165) is 12.0 Å². The molecular weight excluding hydrogens is 298 g/mol. The smallest absolute Gasteiger partial charge is 0.326 e. The van der Waals surface area contributed by atoms with Crippen LogP contribution in [0, 0.1) is 11.8 Å². The third-order valence-corrected chi connectivity index (χ3v) is 5.10. The predicted molar refractivity (Wildman–Crippen MR) is 89.0 cm³/mol. The number of amides is 1. The molecule has 1 aromatic rings. The van der Waals surface area contributed by atoms with E-state index < -0.39 is 17.3 Å². The van der Waals surface area contributed by atoms with Crippen LogP contribution >= 0.6 is 12.6 Å². The number of likely N-dealkylation sites (tertiary alicyclic amines) is 1. The quantitative estimate of drug-likeness (QED) is 0.819. The summed E-state index contributed by atoms with van der Waals surface area (Å²) in [5.74, 6) is -1.05. The molecule has 1 fully saturated rings. The van der Waals surface area contributed by atoms with Gasteiger partial charge >= 0.3 is 5.97 Å². The van der Waals surface area contributed by atoms with E-state index in [4.69, 9.17) is 0 Å². The summed E-state index contributed by atoms with van der Waals surface area (Å²) in [5, 5.41) is 9.14. The number of carboxylic acid groups (broad SMARTS) is 1. The van der Waals surface area contributed by atoms with E-state index in [1.807, 2.05) is 44.2 Å². The van der Waals surface area contributed by atoms with Gasteiger partial charge in [-0.3, -0.25) is 4.79 Å². The molecule has 2 rings (SSSR count). The van der Waals surface area contributed by atoms with Gasteiger partial charge in [0.05, 0.1) is 5.25 Å². The monoisotopic (exact) mass is 321 g/mol. The fraction of sp³-hybridized carbons (Fsp3) is 0.529. The van der Waals surface area contributed by atoms with Crippen molar-refractivity contribution in [3.63, 3.8) is 0 Å². The third-order valence-electron chi connectivity index (χ3n) is 4.28. The van der Waals surface area contributed by atoms with E-state index in [1.165, 1.54) is 4.90 Å². The molecular formula is C17H23NO3S. The number of aliphatic carboxylic acids is 1. The van der Waals surface area contributed by atoms with Crippen LogP contribution in [0.15, 0.2) is 30.3 Å². The lowest BCUT2D eigenvalue weighted by atomic mass is 9.92. The van der Waals surface area contributed by atoms with Crippen molar-refractivity contribution in [3.05, 3.63) is 35.9 Å². The number of carboxylic acids is 1. The van der Waals surface area contributed by atoms with Crippen LogP contribution in [0.4, 0.5) is 0 Å². The lowest BCUT2D eigenvalue weighted by Gasteiger charge is -2.28. The van der Waals surface area contributed by atoms with Crippen molar-refractivity contribution in [2.75, 3.05) is 6.54 Å². The highest BCUT2D eigenvalue weighted by Crippen LogP contribution is 2.30. The highest BCUT2D eigenvalue weighted by molar-refractivity contribution is 7.81. The molecule has 1 N–H and O–H groups in total. The fourth-order valence-corrected chi connectivity index (χ4v) is 3.17. The van der Waals surface area contributed by atoms with Crippen molar-refractivity contribution in [3.8, 4) is 0 Å². The Morgan fingerprint density at radius 1 is 1.32 bits per heavy atom. The Hall–Kier alpha value is -1.49. The summed E-state index contributed by atoms with van der Waals surface area (Å²) in [6.45, 7) is 4.34. The molecule has 0 aliphatic carbocycles. The highest BCUT2D eigenvalue weighted by Gasteiger charge is 2.43. The maximum Gasteiger partial charge on any atom is 0.326 e. The van der Waals surface area contributed by atoms with E-state index in [0.29, 0.717) is 13.0 Å². The van der Waals surface area contributed by atoms with Gasteiger partial charge in [0.1, 0.15) is 6.04 Å².